The van der Waals surface area contributed by atoms with Crippen LogP contribution in [0.25, 0.3) is 11.0 Å². The van der Waals surface area contributed by atoms with Gasteiger partial charge in [-0.25, -0.2) is 4.98 Å². The number of hydrogen-bond acceptors (Lipinski definition) is 2. The molecule has 0 aliphatic heterocycles. The van der Waals surface area contributed by atoms with Crippen molar-refractivity contribution in [2.45, 2.75) is 0 Å². The van der Waals surface area contributed by atoms with Crippen LogP contribution in [0.5, 0.6) is 0 Å². The molecule has 11 heavy (non-hydrogen) atoms. The minimum Gasteiger partial charge on any atom is -0.346 e. The maximum atomic E-state index is 4.98. The molecule has 0 spiro atoms. The van der Waals surface area contributed by atoms with Crippen LogP contribution in [-0.4, -0.2) is 14.5 Å². The summed E-state index contributed by atoms with van der Waals surface area (Å²) in [6.45, 7) is 0. The van der Waals surface area contributed by atoms with Crippen molar-refractivity contribution in [3.63, 3.8) is 0 Å². The van der Waals surface area contributed by atoms with Crippen LogP contribution in [0.1, 0.15) is 0 Å². The molecule has 2 aromatic rings. The van der Waals surface area contributed by atoms with Crippen LogP contribution in [0.4, 0.5) is 0 Å². The Kier molecular flexibility index (Phi) is 1.29. The molecule has 0 fully saturated rings. The Balaban J connectivity index is 2.97. The normalized spacial score (nSPS) is 10.6. The van der Waals surface area contributed by atoms with E-state index in [9.17, 15) is 0 Å². The quantitative estimate of drug-likeness (QED) is 0.602. The summed E-state index contributed by atoms with van der Waals surface area (Å²) >= 11 is 4.98. The van der Waals surface area contributed by atoms with Gasteiger partial charge in [-0.05, 0) is 18.3 Å². The van der Waals surface area contributed by atoms with E-state index in [-0.39, 0.29) is 0 Å². The lowest BCUT2D eigenvalue weighted by atomic mass is 10.4. The summed E-state index contributed by atoms with van der Waals surface area (Å²) in [4.78, 5) is 7.15. The molecule has 0 atom stereocenters. The molecule has 4 heteroatoms. The molecule has 3 nitrogen and oxygen atoms in total. The van der Waals surface area contributed by atoms with Gasteiger partial charge < -0.3 is 9.55 Å². The highest BCUT2D eigenvalue weighted by Gasteiger charge is 1.94. The van der Waals surface area contributed by atoms with E-state index in [4.69, 9.17) is 12.2 Å². The molecule has 56 valence electrons. The first kappa shape index (κ1) is 6.54. The Morgan fingerprint density at radius 1 is 1.64 bits per heavy atom. The Hall–Kier alpha value is -1.16. The summed E-state index contributed by atoms with van der Waals surface area (Å²) in [7, 11) is 1.89. The molecule has 0 radical (unpaired) electrons. The fourth-order valence-electron chi connectivity index (χ4n) is 1.01. The molecular formula is C7H7N3S. The Morgan fingerprint density at radius 2 is 2.45 bits per heavy atom. The lowest BCUT2D eigenvalue weighted by Crippen LogP contribution is -1.93. The SMILES string of the molecule is Cn1cc2cc[nH]c2nc1=S. The summed E-state index contributed by atoms with van der Waals surface area (Å²) in [5, 5.41) is 1.08. The summed E-state index contributed by atoms with van der Waals surface area (Å²) in [6.07, 6.45) is 3.81. The summed E-state index contributed by atoms with van der Waals surface area (Å²) in [5.74, 6) is 0. The van der Waals surface area contributed by atoms with Crippen LogP contribution < -0.4 is 0 Å². The molecule has 0 aromatic carbocycles. The second-order valence-corrected chi connectivity index (χ2v) is 2.78. The van der Waals surface area contributed by atoms with Crippen LogP contribution >= 0.6 is 12.2 Å². The van der Waals surface area contributed by atoms with Crippen LogP contribution in [-0.2, 0) is 7.05 Å². The fourth-order valence-corrected chi connectivity index (χ4v) is 1.16. The van der Waals surface area contributed by atoms with E-state index in [1.165, 1.54) is 0 Å². The van der Waals surface area contributed by atoms with E-state index in [1.54, 1.807) is 0 Å². The van der Waals surface area contributed by atoms with E-state index < -0.39 is 0 Å². The van der Waals surface area contributed by atoms with Crippen molar-refractivity contribution < 1.29 is 0 Å². The van der Waals surface area contributed by atoms with Crippen molar-refractivity contribution in [3.8, 4) is 0 Å². The van der Waals surface area contributed by atoms with Gasteiger partial charge in [-0.2, -0.15) is 0 Å². The second kappa shape index (κ2) is 2.17. The van der Waals surface area contributed by atoms with Crippen molar-refractivity contribution in [1.82, 2.24) is 14.5 Å². The number of hydrogen-bond donors (Lipinski definition) is 1. The molecule has 0 unspecified atom stereocenters. The average molecular weight is 165 g/mol. The molecule has 2 rings (SSSR count). The van der Waals surface area contributed by atoms with Gasteiger partial charge in [-0.1, -0.05) is 0 Å². The minimum absolute atomic E-state index is 0.597. The third kappa shape index (κ3) is 0.952. The Bertz CT molecular complexity index is 440. The predicted octanol–water partition coefficient (Wildman–Crippen LogP) is 1.63. The van der Waals surface area contributed by atoms with Gasteiger partial charge in [0.2, 0.25) is 4.77 Å². The van der Waals surface area contributed by atoms with Gasteiger partial charge in [0.05, 0.1) is 0 Å². The molecule has 2 aromatic heterocycles. The van der Waals surface area contributed by atoms with Crippen LogP contribution in [0.3, 0.4) is 0 Å². The number of fused-ring (bicyclic) bond motifs is 1. The van der Waals surface area contributed by atoms with Crippen LogP contribution in [0.2, 0.25) is 0 Å². The van der Waals surface area contributed by atoms with E-state index in [2.05, 4.69) is 9.97 Å². The van der Waals surface area contributed by atoms with Gasteiger partial charge in [0, 0.05) is 24.8 Å². The van der Waals surface area contributed by atoms with Crippen molar-refractivity contribution in [2.24, 2.45) is 7.05 Å². The highest BCUT2D eigenvalue weighted by molar-refractivity contribution is 7.71. The number of aromatic amines is 1. The fraction of sp³-hybridized carbons (Fsp3) is 0.143. The highest BCUT2D eigenvalue weighted by atomic mass is 32.1. The first-order chi connectivity index (χ1) is 5.27. The van der Waals surface area contributed by atoms with Crippen molar-refractivity contribution in [2.75, 3.05) is 0 Å². The van der Waals surface area contributed by atoms with E-state index >= 15 is 0 Å². The van der Waals surface area contributed by atoms with Crippen molar-refractivity contribution in [3.05, 3.63) is 23.2 Å². The Labute approximate surface area is 68.7 Å². The molecule has 0 saturated heterocycles. The van der Waals surface area contributed by atoms with E-state index in [0.29, 0.717) is 4.77 Å². The molecular weight excluding hydrogens is 158 g/mol. The zero-order chi connectivity index (χ0) is 7.84. The Morgan fingerprint density at radius 3 is 3.27 bits per heavy atom. The first-order valence-corrected chi connectivity index (χ1v) is 3.69. The summed E-state index contributed by atoms with van der Waals surface area (Å²) < 4.78 is 2.42. The topological polar surface area (TPSA) is 33.6 Å². The smallest absolute Gasteiger partial charge is 0.201 e. The standard InChI is InChI=1S/C7H7N3S/c1-10-4-5-2-3-8-6(5)9-7(10)11/h2-4H,1H3,(H,8,9,11). The number of H-pyrrole nitrogens is 1. The molecule has 0 saturated carbocycles. The molecule has 0 bridgehead atoms. The van der Waals surface area contributed by atoms with Gasteiger partial charge in [0.25, 0.3) is 0 Å². The molecule has 0 aliphatic carbocycles. The molecule has 0 amide bonds. The molecule has 1 N–H and O–H groups in total. The lowest BCUT2D eigenvalue weighted by Gasteiger charge is -1.95. The largest absolute Gasteiger partial charge is 0.346 e. The monoisotopic (exact) mass is 165 g/mol. The second-order valence-electron chi connectivity index (χ2n) is 2.42. The highest BCUT2D eigenvalue weighted by Crippen LogP contribution is 2.06. The van der Waals surface area contributed by atoms with Gasteiger partial charge >= 0.3 is 0 Å². The van der Waals surface area contributed by atoms with Gasteiger partial charge in [-0.15, -0.1) is 0 Å². The maximum absolute atomic E-state index is 4.98. The first-order valence-electron chi connectivity index (χ1n) is 3.28. The number of aromatic nitrogens is 3. The van der Waals surface area contributed by atoms with Gasteiger partial charge in [-0.3, -0.25) is 0 Å². The van der Waals surface area contributed by atoms with Crippen molar-refractivity contribution in [1.29, 1.82) is 0 Å². The predicted molar refractivity (Wildman–Crippen MR) is 45.9 cm³/mol. The number of aryl methyl sites for hydroxylation is 1. The minimum atomic E-state index is 0.597. The molecule has 0 aliphatic rings. The number of rotatable bonds is 0. The maximum Gasteiger partial charge on any atom is 0.201 e. The third-order valence-corrected chi connectivity index (χ3v) is 1.98. The van der Waals surface area contributed by atoms with Crippen LogP contribution in [0, 0.1) is 4.77 Å². The number of nitrogens with one attached hydrogen (secondary N) is 1. The summed E-state index contributed by atoms with van der Waals surface area (Å²) in [5.41, 5.74) is 0.855. The van der Waals surface area contributed by atoms with Crippen LogP contribution in [0.15, 0.2) is 18.5 Å². The zero-order valence-electron chi connectivity index (χ0n) is 6.03. The zero-order valence-corrected chi connectivity index (χ0v) is 6.85. The van der Waals surface area contributed by atoms with E-state index in [1.807, 2.05) is 30.1 Å². The number of nitrogens with zero attached hydrogens (tertiary/aromatic N) is 2. The summed E-state index contributed by atoms with van der Waals surface area (Å²) in [6, 6.07) is 1.97. The third-order valence-electron chi connectivity index (χ3n) is 1.60. The van der Waals surface area contributed by atoms with Gasteiger partial charge in [0.15, 0.2) is 0 Å². The van der Waals surface area contributed by atoms with Gasteiger partial charge in [0.1, 0.15) is 5.65 Å². The van der Waals surface area contributed by atoms with E-state index in [0.717, 1.165) is 11.0 Å². The average Bonchev–Trinajstić information content (AvgIpc) is 2.36. The lowest BCUT2D eigenvalue weighted by molar-refractivity contribution is 0.859. The molecule has 2 heterocycles. The van der Waals surface area contributed by atoms with Crippen molar-refractivity contribution >= 4 is 23.3 Å².